The Hall–Kier alpha value is -2.93. The highest BCUT2D eigenvalue weighted by atomic mass is 16.5. The molecule has 0 unspecified atom stereocenters. The van der Waals surface area contributed by atoms with Crippen LogP contribution in [0.4, 0.5) is 11.8 Å². The highest BCUT2D eigenvalue weighted by molar-refractivity contribution is 5.60. The van der Waals surface area contributed by atoms with Crippen molar-refractivity contribution in [3.05, 3.63) is 35.2 Å². The summed E-state index contributed by atoms with van der Waals surface area (Å²) in [5.41, 5.74) is 2.01. The first-order valence-electron chi connectivity index (χ1n) is 10.9. The van der Waals surface area contributed by atoms with Gasteiger partial charge in [0.15, 0.2) is 0 Å². The molecule has 2 aromatic rings. The Morgan fingerprint density at radius 2 is 1.97 bits per heavy atom. The quantitative estimate of drug-likeness (QED) is 0.400. The van der Waals surface area contributed by atoms with Crippen molar-refractivity contribution in [1.82, 2.24) is 15.0 Å². The molecule has 0 aromatic carbocycles. The van der Waals surface area contributed by atoms with E-state index in [1.54, 1.807) is 19.4 Å². The number of hydrogen-bond acceptors (Lipinski definition) is 9. The van der Waals surface area contributed by atoms with E-state index in [4.69, 9.17) is 4.74 Å². The summed E-state index contributed by atoms with van der Waals surface area (Å²) < 4.78 is 5.08. The number of anilines is 2. The molecular formula is C23H29N5O4. The summed E-state index contributed by atoms with van der Waals surface area (Å²) in [6, 6.07) is 3.09. The lowest BCUT2D eigenvalue weighted by molar-refractivity contribution is 0.00445. The van der Waals surface area contributed by atoms with Crippen LogP contribution in [0.5, 0.6) is 5.88 Å². The topological polar surface area (TPSA) is 133 Å². The fourth-order valence-corrected chi connectivity index (χ4v) is 3.80. The second-order valence-corrected chi connectivity index (χ2v) is 8.43. The molecule has 0 aliphatic heterocycles. The van der Waals surface area contributed by atoms with E-state index >= 15 is 0 Å². The first kappa shape index (κ1) is 22.3. The van der Waals surface area contributed by atoms with E-state index in [2.05, 4.69) is 37.4 Å². The lowest BCUT2D eigenvalue weighted by Gasteiger charge is -2.20. The molecule has 9 nitrogen and oxygen atoms in total. The van der Waals surface area contributed by atoms with Gasteiger partial charge in [0, 0.05) is 36.9 Å². The molecule has 0 spiro atoms. The van der Waals surface area contributed by atoms with E-state index in [1.807, 2.05) is 13.0 Å². The number of nitrogens with zero attached hydrogens (tertiary/aromatic N) is 3. The molecule has 2 aromatic heterocycles. The monoisotopic (exact) mass is 439 g/mol. The first-order chi connectivity index (χ1) is 15.5. The lowest BCUT2D eigenvalue weighted by Crippen LogP contribution is -2.36. The van der Waals surface area contributed by atoms with Crippen LogP contribution in [0.25, 0.3) is 0 Å². The molecular weight excluding hydrogens is 410 g/mol. The van der Waals surface area contributed by atoms with Crippen molar-refractivity contribution < 1.29 is 20.1 Å². The van der Waals surface area contributed by atoms with Gasteiger partial charge in [-0.2, -0.15) is 4.98 Å². The van der Waals surface area contributed by atoms with Gasteiger partial charge in [0.1, 0.15) is 11.9 Å². The second-order valence-electron chi connectivity index (χ2n) is 8.43. The molecule has 170 valence electrons. The van der Waals surface area contributed by atoms with Crippen LogP contribution in [0.2, 0.25) is 0 Å². The number of pyridine rings is 1. The summed E-state index contributed by atoms with van der Waals surface area (Å²) in [4.78, 5) is 13.3. The van der Waals surface area contributed by atoms with Crippen molar-refractivity contribution >= 4 is 11.8 Å². The molecule has 2 aliphatic rings. The Labute approximate surface area is 187 Å². The molecule has 2 heterocycles. The SMILES string of the molecule is COc1ccc(C#Cc2c(C)nc(NCC3CC3)nc2N[C@@H]2C[C@H](CO)[C@@H](O)[C@H]2O)cn1. The van der Waals surface area contributed by atoms with Gasteiger partial charge in [0.2, 0.25) is 11.8 Å². The first-order valence-corrected chi connectivity index (χ1v) is 10.9. The number of aliphatic hydroxyl groups is 3. The highest BCUT2D eigenvalue weighted by Gasteiger charge is 2.41. The Bertz CT molecular complexity index is 1000. The zero-order chi connectivity index (χ0) is 22.7. The second kappa shape index (κ2) is 9.69. The van der Waals surface area contributed by atoms with Crippen molar-refractivity contribution in [2.75, 3.05) is 30.9 Å². The van der Waals surface area contributed by atoms with Gasteiger partial charge in [-0.3, -0.25) is 0 Å². The van der Waals surface area contributed by atoms with Crippen LogP contribution in [0.1, 0.15) is 36.1 Å². The van der Waals surface area contributed by atoms with Crippen molar-refractivity contribution in [3.8, 4) is 17.7 Å². The summed E-state index contributed by atoms with van der Waals surface area (Å²) in [5.74, 6) is 7.97. The van der Waals surface area contributed by atoms with Crippen molar-refractivity contribution in [2.45, 2.75) is 44.4 Å². The van der Waals surface area contributed by atoms with Gasteiger partial charge in [-0.25, -0.2) is 9.97 Å². The van der Waals surface area contributed by atoms with Gasteiger partial charge >= 0.3 is 0 Å². The molecule has 0 saturated heterocycles. The third kappa shape index (κ3) is 5.10. The maximum atomic E-state index is 10.5. The fraction of sp³-hybridized carbons (Fsp3) is 0.522. The summed E-state index contributed by atoms with van der Waals surface area (Å²) in [7, 11) is 1.56. The van der Waals surface area contributed by atoms with E-state index in [1.165, 1.54) is 12.8 Å². The van der Waals surface area contributed by atoms with E-state index < -0.39 is 24.2 Å². The molecule has 32 heavy (non-hydrogen) atoms. The minimum absolute atomic E-state index is 0.190. The Balaban J connectivity index is 1.62. The summed E-state index contributed by atoms with van der Waals surface area (Å²) in [5, 5.41) is 36.7. The molecule has 2 fully saturated rings. The van der Waals surface area contributed by atoms with Gasteiger partial charge in [0.05, 0.1) is 30.5 Å². The standard InChI is InChI=1S/C23H29N5O4/c1-13-17(7-5-15-6-8-19(32-2)24-10-15)22(28-23(26-13)25-11-14-3-4-14)27-18-9-16(12-29)20(30)21(18)31/h6,8,10,14,16,18,20-21,29-31H,3-4,9,11-12H2,1-2H3,(H2,25,26,27,28)/t16-,18-,20-,21+/m1/s1. The minimum Gasteiger partial charge on any atom is -0.481 e. The third-order valence-corrected chi connectivity index (χ3v) is 5.97. The predicted octanol–water partition coefficient (Wildman–Crippen LogP) is 0.925. The molecule has 9 heteroatoms. The van der Waals surface area contributed by atoms with Gasteiger partial charge < -0.3 is 30.7 Å². The summed E-state index contributed by atoms with van der Waals surface area (Å²) in [6.45, 7) is 2.49. The van der Waals surface area contributed by atoms with E-state index in [0.717, 1.165) is 6.54 Å². The van der Waals surface area contributed by atoms with Gasteiger partial charge in [-0.1, -0.05) is 11.8 Å². The summed E-state index contributed by atoms with van der Waals surface area (Å²) >= 11 is 0. The van der Waals surface area contributed by atoms with Crippen LogP contribution < -0.4 is 15.4 Å². The maximum absolute atomic E-state index is 10.5. The minimum atomic E-state index is -1.02. The maximum Gasteiger partial charge on any atom is 0.224 e. The molecule has 2 saturated carbocycles. The van der Waals surface area contributed by atoms with Crippen molar-refractivity contribution in [1.29, 1.82) is 0 Å². The molecule has 0 bridgehead atoms. The predicted molar refractivity (Wildman–Crippen MR) is 119 cm³/mol. The van der Waals surface area contributed by atoms with E-state index in [9.17, 15) is 15.3 Å². The van der Waals surface area contributed by atoms with Crippen LogP contribution in [0, 0.1) is 30.6 Å². The Morgan fingerprint density at radius 1 is 1.16 bits per heavy atom. The number of methoxy groups -OCH3 is 1. The Morgan fingerprint density at radius 3 is 2.59 bits per heavy atom. The van der Waals surface area contributed by atoms with Gasteiger partial charge in [0.25, 0.3) is 0 Å². The fourth-order valence-electron chi connectivity index (χ4n) is 3.80. The van der Waals surface area contributed by atoms with Crippen LogP contribution in [-0.4, -0.2) is 68.8 Å². The normalized spacial score (nSPS) is 24.5. The highest BCUT2D eigenvalue weighted by Crippen LogP contribution is 2.31. The van der Waals surface area contributed by atoms with E-state index in [-0.39, 0.29) is 6.61 Å². The molecule has 4 atom stereocenters. The van der Waals surface area contributed by atoms with E-state index in [0.29, 0.717) is 46.8 Å². The summed E-state index contributed by atoms with van der Waals surface area (Å²) in [6.07, 6.45) is 2.46. The number of aromatic nitrogens is 3. The molecule has 4 rings (SSSR count). The lowest BCUT2D eigenvalue weighted by atomic mass is 10.1. The zero-order valence-corrected chi connectivity index (χ0v) is 18.2. The number of nitrogens with one attached hydrogen (secondary N) is 2. The molecule has 5 N–H and O–H groups in total. The van der Waals surface area contributed by atoms with Crippen LogP contribution in [0.3, 0.4) is 0 Å². The van der Waals surface area contributed by atoms with Crippen molar-refractivity contribution in [2.24, 2.45) is 11.8 Å². The number of rotatable bonds is 7. The molecule has 0 radical (unpaired) electrons. The van der Waals surface area contributed by atoms with Gasteiger partial charge in [-0.05, 0) is 38.2 Å². The molecule has 0 amide bonds. The van der Waals surface area contributed by atoms with Crippen LogP contribution in [0.15, 0.2) is 18.3 Å². The average Bonchev–Trinajstić information content (AvgIpc) is 3.59. The number of aryl methyl sites for hydroxylation is 1. The smallest absolute Gasteiger partial charge is 0.224 e. The van der Waals surface area contributed by atoms with Gasteiger partial charge in [-0.15, -0.1) is 0 Å². The molecule has 2 aliphatic carbocycles. The van der Waals surface area contributed by atoms with Crippen molar-refractivity contribution in [3.63, 3.8) is 0 Å². The largest absolute Gasteiger partial charge is 0.481 e. The Kier molecular flexibility index (Phi) is 6.74. The van der Waals surface area contributed by atoms with Crippen LogP contribution in [-0.2, 0) is 0 Å². The number of ether oxygens (including phenoxy) is 1. The zero-order valence-electron chi connectivity index (χ0n) is 18.2. The average molecular weight is 440 g/mol. The van der Waals surface area contributed by atoms with Crippen LogP contribution >= 0.6 is 0 Å². The number of hydrogen-bond donors (Lipinski definition) is 5. The third-order valence-electron chi connectivity index (χ3n) is 5.97. The number of aliphatic hydroxyl groups excluding tert-OH is 3.